The Balaban J connectivity index is 1.69. The Morgan fingerprint density at radius 2 is 1.94 bits per heavy atom. The number of aryl methyl sites for hydroxylation is 2. The number of ether oxygens (including phenoxy) is 3. The van der Waals surface area contributed by atoms with Crippen molar-refractivity contribution in [3.05, 3.63) is 47.0 Å². The van der Waals surface area contributed by atoms with E-state index in [0.29, 0.717) is 32.0 Å². The fourth-order valence-corrected chi connectivity index (χ4v) is 4.91. The minimum atomic E-state index is -0.986. The molecule has 2 saturated heterocycles. The third-order valence-electron chi connectivity index (χ3n) is 7.24. The van der Waals surface area contributed by atoms with Crippen LogP contribution in [0.3, 0.4) is 0 Å². The predicted molar refractivity (Wildman–Crippen MR) is 129 cm³/mol. The molecule has 33 heavy (non-hydrogen) atoms. The van der Waals surface area contributed by atoms with Gasteiger partial charge in [-0.2, -0.15) is 0 Å². The van der Waals surface area contributed by atoms with Crippen molar-refractivity contribution in [3.8, 4) is 16.9 Å². The van der Waals surface area contributed by atoms with Crippen LogP contribution in [0.1, 0.15) is 42.4 Å². The van der Waals surface area contributed by atoms with Gasteiger partial charge in [0.05, 0.1) is 7.11 Å². The molecule has 6 nitrogen and oxygen atoms in total. The Morgan fingerprint density at radius 3 is 2.61 bits per heavy atom. The molecule has 1 atom stereocenters. The molecule has 4 rings (SSSR count). The molecule has 0 saturated carbocycles. The third-order valence-corrected chi connectivity index (χ3v) is 7.24. The van der Waals surface area contributed by atoms with Gasteiger partial charge in [-0.25, -0.2) is 4.79 Å². The first kappa shape index (κ1) is 23.6. The lowest BCUT2D eigenvalue weighted by Crippen LogP contribution is -2.50. The van der Waals surface area contributed by atoms with Crippen LogP contribution in [0.25, 0.3) is 11.1 Å². The highest BCUT2D eigenvalue weighted by Crippen LogP contribution is 2.35. The summed E-state index contributed by atoms with van der Waals surface area (Å²) in [5.74, 6) is 0.636. The van der Waals surface area contributed by atoms with Crippen molar-refractivity contribution in [1.29, 1.82) is 0 Å². The molecule has 6 heteroatoms. The maximum Gasteiger partial charge on any atom is 0.329 e. The Morgan fingerprint density at radius 1 is 1.15 bits per heavy atom. The summed E-state index contributed by atoms with van der Waals surface area (Å²) in [6.07, 6.45) is 3.97. The zero-order valence-electron chi connectivity index (χ0n) is 19.9. The van der Waals surface area contributed by atoms with Crippen molar-refractivity contribution >= 4 is 11.7 Å². The molecule has 2 aromatic carbocycles. The lowest BCUT2D eigenvalue weighted by atomic mass is 9.88. The van der Waals surface area contributed by atoms with Crippen molar-refractivity contribution in [1.82, 2.24) is 0 Å². The van der Waals surface area contributed by atoms with Gasteiger partial charge in [0.2, 0.25) is 0 Å². The van der Waals surface area contributed by atoms with E-state index < -0.39 is 11.5 Å². The van der Waals surface area contributed by atoms with Crippen LogP contribution >= 0.6 is 0 Å². The first-order valence-corrected chi connectivity index (χ1v) is 11.9. The number of anilines is 1. The maximum atomic E-state index is 12.1. The number of methoxy groups -OCH3 is 1. The number of hydrogen-bond donors (Lipinski definition) is 2. The van der Waals surface area contributed by atoms with E-state index >= 15 is 0 Å². The molecule has 0 aliphatic carbocycles. The zero-order valence-corrected chi connectivity index (χ0v) is 19.9. The fraction of sp³-hybridized carbons (Fsp3) is 0.519. The van der Waals surface area contributed by atoms with Crippen LogP contribution in [-0.4, -0.2) is 50.2 Å². The highest BCUT2D eigenvalue weighted by Gasteiger charge is 2.40. The molecular weight excluding hydrogens is 418 g/mol. The number of benzene rings is 2. The Hall–Kier alpha value is -2.57. The quantitative estimate of drug-likeness (QED) is 0.586. The molecule has 0 bridgehead atoms. The van der Waals surface area contributed by atoms with E-state index in [-0.39, 0.29) is 0 Å². The summed E-state index contributed by atoms with van der Waals surface area (Å²) in [5.41, 5.74) is 5.69. The van der Waals surface area contributed by atoms with Crippen LogP contribution in [-0.2, 0) is 20.7 Å². The van der Waals surface area contributed by atoms with Crippen molar-refractivity contribution in [2.45, 2.75) is 51.5 Å². The van der Waals surface area contributed by atoms with Gasteiger partial charge in [-0.1, -0.05) is 12.1 Å². The van der Waals surface area contributed by atoms with Crippen LogP contribution < -0.4 is 10.1 Å². The Kier molecular flexibility index (Phi) is 7.25. The summed E-state index contributed by atoms with van der Waals surface area (Å²) < 4.78 is 16.6. The highest BCUT2D eigenvalue weighted by molar-refractivity contribution is 5.83. The van der Waals surface area contributed by atoms with Gasteiger partial charge < -0.3 is 24.6 Å². The fourth-order valence-electron chi connectivity index (χ4n) is 4.91. The summed E-state index contributed by atoms with van der Waals surface area (Å²) in [7, 11) is 1.71. The molecule has 2 N–H and O–H groups in total. The van der Waals surface area contributed by atoms with Gasteiger partial charge in [-0.3, -0.25) is 0 Å². The lowest BCUT2D eigenvalue weighted by molar-refractivity contribution is -0.145. The second-order valence-electron chi connectivity index (χ2n) is 9.39. The Bertz CT molecular complexity index is 990. The van der Waals surface area contributed by atoms with Crippen molar-refractivity contribution in [3.63, 3.8) is 0 Å². The Labute approximate surface area is 196 Å². The summed E-state index contributed by atoms with van der Waals surface area (Å²) in [6.45, 7) is 6.76. The SMILES string of the molecule is COc1cc(-c2ccc(NC3(C(=O)O)CCOCC3)cc2CC[C@@H]2CCOC2)cc(C)c1C. The van der Waals surface area contributed by atoms with E-state index in [9.17, 15) is 9.90 Å². The molecule has 2 aromatic rings. The average molecular weight is 454 g/mol. The second-order valence-corrected chi connectivity index (χ2v) is 9.39. The molecule has 0 unspecified atom stereocenters. The molecule has 0 aromatic heterocycles. The van der Waals surface area contributed by atoms with Crippen LogP contribution in [0.15, 0.2) is 30.3 Å². The van der Waals surface area contributed by atoms with E-state index in [0.717, 1.165) is 60.6 Å². The summed E-state index contributed by atoms with van der Waals surface area (Å²) >= 11 is 0. The molecule has 2 fully saturated rings. The predicted octanol–water partition coefficient (Wildman–Crippen LogP) is 4.99. The first-order chi connectivity index (χ1) is 15.9. The van der Waals surface area contributed by atoms with Gasteiger partial charge in [0, 0.05) is 45.0 Å². The number of carboxylic acid groups (broad SMARTS) is 1. The largest absolute Gasteiger partial charge is 0.496 e. The number of rotatable bonds is 8. The number of hydrogen-bond acceptors (Lipinski definition) is 5. The molecular formula is C27H35NO5. The monoisotopic (exact) mass is 453 g/mol. The van der Waals surface area contributed by atoms with Gasteiger partial charge in [-0.05, 0) is 85.0 Å². The van der Waals surface area contributed by atoms with E-state index in [1.807, 2.05) is 6.07 Å². The number of aliphatic carboxylic acids is 1. The van der Waals surface area contributed by atoms with Crippen molar-refractivity contribution < 1.29 is 24.1 Å². The standard InChI is InChI=1S/C27H35NO5/c1-18-14-22(16-25(31-3)19(18)2)24-7-6-23(15-21(24)5-4-20-8-11-33-17-20)28-27(26(29)30)9-12-32-13-10-27/h6-7,14-16,20,28H,4-5,8-13,17H2,1-3H3,(H,29,30)/t20-/m1/s1. The van der Waals surface area contributed by atoms with E-state index in [2.05, 4.69) is 43.4 Å². The third kappa shape index (κ3) is 5.17. The number of carbonyl (C=O) groups is 1. The first-order valence-electron chi connectivity index (χ1n) is 11.9. The summed E-state index contributed by atoms with van der Waals surface area (Å²) in [5, 5.41) is 13.3. The average Bonchev–Trinajstić information content (AvgIpc) is 3.34. The summed E-state index contributed by atoms with van der Waals surface area (Å²) in [4.78, 5) is 12.1. The summed E-state index contributed by atoms with van der Waals surface area (Å²) in [6, 6.07) is 10.6. The smallest absolute Gasteiger partial charge is 0.329 e. The van der Waals surface area contributed by atoms with Crippen molar-refractivity contribution in [2.75, 3.05) is 38.9 Å². The normalized spacial score (nSPS) is 19.9. The van der Waals surface area contributed by atoms with E-state index in [1.54, 1.807) is 7.11 Å². The second kappa shape index (κ2) is 10.1. The highest BCUT2D eigenvalue weighted by atomic mass is 16.5. The van der Waals surface area contributed by atoms with Gasteiger partial charge in [-0.15, -0.1) is 0 Å². The van der Waals surface area contributed by atoms with Crippen LogP contribution in [0.4, 0.5) is 5.69 Å². The lowest BCUT2D eigenvalue weighted by Gasteiger charge is -2.35. The minimum Gasteiger partial charge on any atom is -0.496 e. The van der Waals surface area contributed by atoms with Crippen LogP contribution in [0.5, 0.6) is 5.75 Å². The molecule has 178 valence electrons. The molecule has 2 aliphatic heterocycles. The topological polar surface area (TPSA) is 77.0 Å². The maximum absolute atomic E-state index is 12.1. The molecule has 2 heterocycles. The number of nitrogens with one attached hydrogen (secondary N) is 1. The van der Waals surface area contributed by atoms with E-state index in [1.165, 1.54) is 11.1 Å². The number of carboxylic acids is 1. The molecule has 0 radical (unpaired) electrons. The van der Waals surface area contributed by atoms with Crippen LogP contribution in [0.2, 0.25) is 0 Å². The van der Waals surface area contributed by atoms with Gasteiger partial charge in [0.1, 0.15) is 11.3 Å². The van der Waals surface area contributed by atoms with Gasteiger partial charge >= 0.3 is 5.97 Å². The van der Waals surface area contributed by atoms with E-state index in [4.69, 9.17) is 14.2 Å². The molecule has 0 spiro atoms. The van der Waals surface area contributed by atoms with Crippen molar-refractivity contribution in [2.24, 2.45) is 5.92 Å². The molecule has 0 amide bonds. The zero-order chi connectivity index (χ0) is 23.4. The molecule has 2 aliphatic rings. The minimum absolute atomic E-state index is 0.452. The van der Waals surface area contributed by atoms with Gasteiger partial charge in [0.25, 0.3) is 0 Å². The van der Waals surface area contributed by atoms with Gasteiger partial charge in [0.15, 0.2) is 0 Å². The van der Waals surface area contributed by atoms with Crippen LogP contribution in [0, 0.1) is 19.8 Å².